The van der Waals surface area contributed by atoms with Crippen LogP contribution in [0.25, 0.3) is 17.0 Å². The van der Waals surface area contributed by atoms with Crippen LogP contribution in [0.3, 0.4) is 0 Å². The maximum Gasteiger partial charge on any atom is 0.352 e. The molecule has 0 fully saturated rings. The van der Waals surface area contributed by atoms with Crippen LogP contribution < -0.4 is 10.1 Å². The van der Waals surface area contributed by atoms with E-state index in [1.165, 1.54) is 5.56 Å². The van der Waals surface area contributed by atoms with Gasteiger partial charge in [0.1, 0.15) is 11.4 Å². The van der Waals surface area contributed by atoms with Gasteiger partial charge >= 0.3 is 5.97 Å². The molecule has 3 aromatic carbocycles. The van der Waals surface area contributed by atoms with Crippen molar-refractivity contribution in [3.8, 4) is 5.75 Å². The van der Waals surface area contributed by atoms with Crippen LogP contribution in [0.2, 0.25) is 0 Å². The van der Waals surface area contributed by atoms with Crippen molar-refractivity contribution in [2.24, 2.45) is 0 Å². The van der Waals surface area contributed by atoms with Gasteiger partial charge < -0.3 is 19.7 Å². The summed E-state index contributed by atoms with van der Waals surface area (Å²) in [6.45, 7) is 7.40. The van der Waals surface area contributed by atoms with E-state index in [2.05, 4.69) is 43.1 Å². The molecule has 0 bridgehead atoms. The molecular formula is C28H28N2O3. The second-order valence-electron chi connectivity index (χ2n) is 8.14. The summed E-state index contributed by atoms with van der Waals surface area (Å²) in [5, 5.41) is 14.5. The molecule has 0 amide bonds. The average Bonchev–Trinajstić information content (AvgIpc) is 3.13. The van der Waals surface area contributed by atoms with Crippen LogP contribution in [-0.4, -0.2) is 22.8 Å². The molecule has 0 aliphatic carbocycles. The van der Waals surface area contributed by atoms with Crippen LogP contribution in [0.5, 0.6) is 5.75 Å². The summed E-state index contributed by atoms with van der Waals surface area (Å²) < 4.78 is 7.30. The number of fused-ring (bicyclic) bond motifs is 1. The van der Waals surface area contributed by atoms with Crippen molar-refractivity contribution in [2.45, 2.75) is 26.6 Å². The van der Waals surface area contributed by atoms with Crippen molar-refractivity contribution >= 4 is 22.9 Å². The van der Waals surface area contributed by atoms with E-state index in [9.17, 15) is 9.90 Å². The van der Waals surface area contributed by atoms with Crippen molar-refractivity contribution in [3.05, 3.63) is 107 Å². The molecule has 0 atom stereocenters. The molecule has 2 N–H and O–H groups in total. The highest BCUT2D eigenvalue weighted by Crippen LogP contribution is 2.31. The fourth-order valence-electron chi connectivity index (χ4n) is 4.10. The van der Waals surface area contributed by atoms with Gasteiger partial charge in [0.2, 0.25) is 0 Å². The summed E-state index contributed by atoms with van der Waals surface area (Å²) in [5.74, 6) is -0.251. The van der Waals surface area contributed by atoms with E-state index in [4.69, 9.17) is 4.74 Å². The number of benzene rings is 3. The normalized spacial score (nSPS) is 11.0. The standard InChI is InChI=1S/C28H28N2O3/c1-4-20-9-11-22(12-10-20)18-30-26-15-23(33-3)13-14-24(26)25(27(30)28(31)32)17-29-16-21-7-5-19(2)6-8-21/h4-15,29H,1,16-18H2,2-3H3,(H,31,32). The first kappa shape index (κ1) is 22.4. The largest absolute Gasteiger partial charge is 0.497 e. The monoisotopic (exact) mass is 440 g/mol. The topological polar surface area (TPSA) is 63.5 Å². The molecule has 168 valence electrons. The second-order valence-corrected chi connectivity index (χ2v) is 8.14. The quantitative estimate of drug-likeness (QED) is 0.354. The van der Waals surface area contributed by atoms with Gasteiger partial charge in [-0.3, -0.25) is 0 Å². The summed E-state index contributed by atoms with van der Waals surface area (Å²) in [5.41, 5.74) is 6.32. The van der Waals surface area contributed by atoms with E-state index >= 15 is 0 Å². The molecule has 0 aliphatic rings. The molecule has 33 heavy (non-hydrogen) atoms. The average molecular weight is 441 g/mol. The third-order valence-electron chi connectivity index (χ3n) is 5.89. The van der Waals surface area contributed by atoms with E-state index in [-0.39, 0.29) is 0 Å². The number of rotatable bonds is 9. The van der Waals surface area contributed by atoms with E-state index in [0.717, 1.165) is 33.2 Å². The molecule has 1 heterocycles. The molecule has 0 radical (unpaired) electrons. The van der Waals surface area contributed by atoms with Gasteiger partial charge in [-0.15, -0.1) is 0 Å². The Kier molecular flexibility index (Phi) is 6.61. The lowest BCUT2D eigenvalue weighted by atomic mass is 10.1. The zero-order chi connectivity index (χ0) is 23.4. The number of aromatic carboxylic acids is 1. The van der Waals surface area contributed by atoms with Crippen LogP contribution in [0.15, 0.2) is 73.3 Å². The number of ether oxygens (including phenoxy) is 1. The number of aromatic nitrogens is 1. The minimum absolute atomic E-state index is 0.294. The molecule has 4 rings (SSSR count). The SMILES string of the molecule is C=Cc1ccc(Cn2c(C(=O)O)c(CNCc3ccc(C)cc3)c3ccc(OC)cc32)cc1. The van der Waals surface area contributed by atoms with Crippen LogP contribution in [-0.2, 0) is 19.6 Å². The number of hydrogen-bond donors (Lipinski definition) is 2. The van der Waals surface area contributed by atoms with E-state index in [1.807, 2.05) is 47.0 Å². The van der Waals surface area contributed by atoms with Crippen molar-refractivity contribution in [1.82, 2.24) is 9.88 Å². The maximum atomic E-state index is 12.4. The molecule has 1 aromatic heterocycles. The Morgan fingerprint density at radius 2 is 1.73 bits per heavy atom. The smallest absolute Gasteiger partial charge is 0.352 e. The van der Waals surface area contributed by atoms with Gasteiger partial charge in [-0.25, -0.2) is 4.79 Å². The number of carbonyl (C=O) groups is 1. The zero-order valence-electron chi connectivity index (χ0n) is 19.0. The molecule has 0 aliphatic heterocycles. The fraction of sp³-hybridized carbons (Fsp3) is 0.179. The summed E-state index contributed by atoms with van der Waals surface area (Å²) in [6.07, 6.45) is 1.79. The maximum absolute atomic E-state index is 12.4. The first-order valence-corrected chi connectivity index (χ1v) is 10.9. The Bertz CT molecular complexity index is 1290. The fourth-order valence-corrected chi connectivity index (χ4v) is 4.10. The molecule has 5 heteroatoms. The number of hydrogen-bond acceptors (Lipinski definition) is 3. The minimum Gasteiger partial charge on any atom is -0.497 e. The van der Waals surface area contributed by atoms with Crippen LogP contribution in [0.1, 0.15) is 38.3 Å². The lowest BCUT2D eigenvalue weighted by Crippen LogP contribution is -2.17. The molecule has 0 saturated carbocycles. The van der Waals surface area contributed by atoms with Gasteiger partial charge in [0.25, 0.3) is 0 Å². The van der Waals surface area contributed by atoms with E-state index in [1.54, 1.807) is 13.2 Å². The summed E-state index contributed by atoms with van der Waals surface area (Å²) in [4.78, 5) is 12.4. The van der Waals surface area contributed by atoms with E-state index in [0.29, 0.717) is 31.1 Å². The van der Waals surface area contributed by atoms with Gasteiger partial charge in [-0.2, -0.15) is 0 Å². The highest BCUT2D eigenvalue weighted by Gasteiger charge is 2.23. The van der Waals surface area contributed by atoms with Gasteiger partial charge in [-0.05, 0) is 35.7 Å². The Labute approximate surface area is 193 Å². The van der Waals surface area contributed by atoms with Gasteiger partial charge in [-0.1, -0.05) is 66.7 Å². The summed E-state index contributed by atoms with van der Waals surface area (Å²) in [7, 11) is 1.62. The number of nitrogens with one attached hydrogen (secondary N) is 1. The first-order chi connectivity index (χ1) is 16.0. The lowest BCUT2D eigenvalue weighted by Gasteiger charge is -2.11. The van der Waals surface area contributed by atoms with Gasteiger partial charge in [0, 0.05) is 36.7 Å². The number of carboxylic acids is 1. The van der Waals surface area contributed by atoms with Crippen molar-refractivity contribution in [2.75, 3.05) is 7.11 Å². The molecule has 4 aromatic rings. The van der Waals surface area contributed by atoms with Crippen LogP contribution in [0.4, 0.5) is 0 Å². The summed E-state index contributed by atoms with van der Waals surface area (Å²) in [6, 6.07) is 22.0. The van der Waals surface area contributed by atoms with Crippen molar-refractivity contribution in [1.29, 1.82) is 0 Å². The minimum atomic E-state index is -0.944. The van der Waals surface area contributed by atoms with Crippen LogP contribution >= 0.6 is 0 Å². The van der Waals surface area contributed by atoms with Gasteiger partial charge in [0.15, 0.2) is 0 Å². The number of aryl methyl sites for hydroxylation is 1. The number of carboxylic acid groups (broad SMARTS) is 1. The molecular weight excluding hydrogens is 412 g/mol. The number of nitrogens with zero attached hydrogens (tertiary/aromatic N) is 1. The van der Waals surface area contributed by atoms with E-state index < -0.39 is 5.97 Å². The Hall–Kier alpha value is -3.83. The molecule has 5 nitrogen and oxygen atoms in total. The lowest BCUT2D eigenvalue weighted by molar-refractivity contribution is 0.0684. The highest BCUT2D eigenvalue weighted by atomic mass is 16.5. The Balaban J connectivity index is 1.72. The first-order valence-electron chi connectivity index (χ1n) is 10.9. The molecule has 0 unspecified atom stereocenters. The predicted molar refractivity (Wildman–Crippen MR) is 133 cm³/mol. The predicted octanol–water partition coefficient (Wildman–Crippen LogP) is 5.64. The Morgan fingerprint density at radius 1 is 1.03 bits per heavy atom. The third-order valence-corrected chi connectivity index (χ3v) is 5.89. The third kappa shape index (κ3) is 4.83. The highest BCUT2D eigenvalue weighted by molar-refractivity contribution is 5.98. The summed E-state index contributed by atoms with van der Waals surface area (Å²) >= 11 is 0. The van der Waals surface area contributed by atoms with Crippen molar-refractivity contribution < 1.29 is 14.6 Å². The number of methoxy groups -OCH3 is 1. The van der Waals surface area contributed by atoms with Crippen LogP contribution in [0, 0.1) is 6.92 Å². The molecule has 0 saturated heterocycles. The van der Waals surface area contributed by atoms with Crippen molar-refractivity contribution in [3.63, 3.8) is 0 Å². The zero-order valence-corrected chi connectivity index (χ0v) is 19.0. The molecule has 0 spiro atoms. The second kappa shape index (κ2) is 9.76. The van der Waals surface area contributed by atoms with Gasteiger partial charge in [0.05, 0.1) is 12.6 Å². The Morgan fingerprint density at radius 3 is 2.36 bits per heavy atom.